The molecule has 2 nitrogen and oxygen atoms in total. The van der Waals surface area contributed by atoms with Crippen molar-refractivity contribution < 1.29 is 40.3 Å². The summed E-state index contributed by atoms with van der Waals surface area (Å²) < 4.78 is 90.9. The summed E-state index contributed by atoms with van der Waals surface area (Å²) in [5.74, 6) is -11.5. The number of alkyl halides is 7. The largest absolute Gasteiger partial charge is 0.465 e. The molecular weight excluding hydrogens is 329 g/mol. The lowest BCUT2D eigenvalue weighted by molar-refractivity contribution is -0.355. The van der Waals surface area contributed by atoms with Gasteiger partial charge in [0.1, 0.15) is 0 Å². The van der Waals surface area contributed by atoms with Crippen LogP contribution in [0.3, 0.4) is 0 Å². The highest BCUT2D eigenvalue weighted by atomic mass is 32.2. The molecule has 0 bridgehead atoms. The third kappa shape index (κ3) is 6.31. The summed E-state index contributed by atoms with van der Waals surface area (Å²) in [6.45, 7) is 1.80. The predicted molar refractivity (Wildman–Crippen MR) is 63.8 cm³/mol. The second-order valence-electron chi connectivity index (χ2n) is 4.09. The summed E-state index contributed by atoms with van der Waals surface area (Å²) in [5, 5.41) is 0. The Bertz CT molecular complexity index is 331. The number of halogens is 7. The van der Waals surface area contributed by atoms with Gasteiger partial charge in [-0.2, -0.15) is 42.5 Å². The first-order valence-corrected chi connectivity index (χ1v) is 7.17. The van der Waals surface area contributed by atoms with Crippen molar-refractivity contribution in [3.8, 4) is 0 Å². The van der Waals surface area contributed by atoms with Crippen LogP contribution in [0.15, 0.2) is 0 Å². The standard InChI is InChI=1S/C11H15F7O2S/c1-2-20-8(19)7-21-6-4-3-5-9(12,13)10(14,15)11(16,17)18/h2-7H2,1H3. The van der Waals surface area contributed by atoms with Gasteiger partial charge in [-0.05, 0) is 25.5 Å². The quantitative estimate of drug-likeness (QED) is 0.355. The lowest BCUT2D eigenvalue weighted by Crippen LogP contribution is -2.51. The zero-order chi connectivity index (χ0) is 16.7. The molecule has 21 heavy (non-hydrogen) atoms. The molecule has 0 atom stereocenters. The molecule has 0 N–H and O–H groups in total. The Kier molecular flexibility index (Phi) is 7.83. The van der Waals surface area contributed by atoms with Crippen molar-refractivity contribution >= 4 is 17.7 Å². The van der Waals surface area contributed by atoms with Gasteiger partial charge in [0.15, 0.2) is 0 Å². The second-order valence-corrected chi connectivity index (χ2v) is 5.20. The molecular formula is C11H15F7O2S. The van der Waals surface area contributed by atoms with Crippen LogP contribution in [-0.2, 0) is 9.53 Å². The Morgan fingerprint density at radius 3 is 2.10 bits per heavy atom. The Morgan fingerprint density at radius 2 is 1.62 bits per heavy atom. The first kappa shape index (κ1) is 20.3. The highest BCUT2D eigenvalue weighted by molar-refractivity contribution is 7.99. The number of rotatable bonds is 9. The molecule has 0 aromatic heterocycles. The van der Waals surface area contributed by atoms with E-state index in [9.17, 15) is 35.5 Å². The molecule has 0 aliphatic rings. The Balaban J connectivity index is 4.04. The number of thioether (sulfide) groups is 1. The fourth-order valence-corrected chi connectivity index (χ4v) is 2.08. The maximum atomic E-state index is 12.9. The van der Waals surface area contributed by atoms with Crippen molar-refractivity contribution in [2.75, 3.05) is 18.1 Å². The molecule has 0 amide bonds. The Hall–Kier alpha value is -0.670. The molecule has 0 aromatic rings. The summed E-state index contributed by atoms with van der Waals surface area (Å²) in [6, 6.07) is 0. The van der Waals surface area contributed by atoms with Crippen molar-refractivity contribution in [2.45, 2.75) is 44.2 Å². The van der Waals surface area contributed by atoms with Crippen LogP contribution < -0.4 is 0 Å². The van der Waals surface area contributed by atoms with Crippen LogP contribution in [-0.4, -0.2) is 42.1 Å². The van der Waals surface area contributed by atoms with Crippen molar-refractivity contribution in [2.24, 2.45) is 0 Å². The van der Waals surface area contributed by atoms with Gasteiger partial charge in [-0.1, -0.05) is 0 Å². The zero-order valence-electron chi connectivity index (χ0n) is 11.1. The monoisotopic (exact) mass is 344 g/mol. The van der Waals surface area contributed by atoms with Crippen LogP contribution in [0.25, 0.3) is 0 Å². The third-order valence-electron chi connectivity index (χ3n) is 2.37. The van der Waals surface area contributed by atoms with Gasteiger partial charge in [0.05, 0.1) is 12.4 Å². The molecule has 0 aromatic carbocycles. The van der Waals surface area contributed by atoms with Crippen LogP contribution in [0, 0.1) is 0 Å². The summed E-state index contributed by atoms with van der Waals surface area (Å²) >= 11 is 1.04. The smallest absolute Gasteiger partial charge is 0.459 e. The first-order chi connectivity index (χ1) is 9.45. The van der Waals surface area contributed by atoms with Crippen LogP contribution >= 0.6 is 11.8 Å². The average Bonchev–Trinajstić information content (AvgIpc) is 2.32. The predicted octanol–water partition coefficient (Wildman–Crippen LogP) is 4.29. The van der Waals surface area contributed by atoms with Crippen LogP contribution in [0.2, 0.25) is 0 Å². The van der Waals surface area contributed by atoms with E-state index >= 15 is 0 Å². The topological polar surface area (TPSA) is 26.3 Å². The van der Waals surface area contributed by atoms with Gasteiger partial charge < -0.3 is 4.74 Å². The number of hydrogen-bond donors (Lipinski definition) is 0. The first-order valence-electron chi connectivity index (χ1n) is 6.01. The normalized spacial score (nSPS) is 13.3. The Morgan fingerprint density at radius 1 is 1.05 bits per heavy atom. The molecule has 0 spiro atoms. The van der Waals surface area contributed by atoms with E-state index in [0.29, 0.717) is 0 Å². The molecule has 0 rings (SSSR count). The molecule has 0 saturated heterocycles. The van der Waals surface area contributed by atoms with E-state index in [2.05, 4.69) is 4.74 Å². The van der Waals surface area contributed by atoms with Gasteiger partial charge in [0.2, 0.25) is 0 Å². The van der Waals surface area contributed by atoms with E-state index in [-0.39, 0.29) is 24.5 Å². The van der Waals surface area contributed by atoms with Crippen molar-refractivity contribution in [1.82, 2.24) is 0 Å². The van der Waals surface area contributed by atoms with Crippen molar-refractivity contribution in [3.05, 3.63) is 0 Å². The summed E-state index contributed by atoms with van der Waals surface area (Å²) in [4.78, 5) is 10.9. The number of hydrogen-bond acceptors (Lipinski definition) is 3. The number of carbonyl (C=O) groups excluding carboxylic acids is 1. The van der Waals surface area contributed by atoms with Crippen molar-refractivity contribution in [1.29, 1.82) is 0 Å². The maximum absolute atomic E-state index is 12.9. The van der Waals surface area contributed by atoms with E-state index in [1.165, 1.54) is 0 Å². The molecule has 0 radical (unpaired) electrons. The van der Waals surface area contributed by atoms with Gasteiger partial charge >= 0.3 is 24.0 Å². The molecule has 0 fully saturated rings. The highest BCUT2D eigenvalue weighted by Gasteiger charge is 2.72. The maximum Gasteiger partial charge on any atom is 0.459 e. The lowest BCUT2D eigenvalue weighted by Gasteiger charge is -2.28. The number of ether oxygens (including phenoxy) is 1. The Labute approximate surface area is 121 Å². The zero-order valence-corrected chi connectivity index (χ0v) is 11.9. The fraction of sp³-hybridized carbons (Fsp3) is 0.909. The highest BCUT2D eigenvalue weighted by Crippen LogP contribution is 2.48. The molecule has 0 heterocycles. The lowest BCUT2D eigenvalue weighted by atomic mass is 10.0. The molecule has 0 aliphatic heterocycles. The molecule has 126 valence electrons. The molecule has 10 heteroatoms. The average molecular weight is 344 g/mol. The second kappa shape index (κ2) is 8.09. The van der Waals surface area contributed by atoms with Crippen LogP contribution in [0.1, 0.15) is 26.2 Å². The minimum Gasteiger partial charge on any atom is -0.465 e. The van der Waals surface area contributed by atoms with Crippen LogP contribution in [0.5, 0.6) is 0 Å². The molecule has 0 saturated carbocycles. The minimum atomic E-state index is -6.28. The van der Waals surface area contributed by atoms with Gasteiger partial charge in [0.25, 0.3) is 0 Å². The summed E-state index contributed by atoms with van der Waals surface area (Å²) in [5.41, 5.74) is 0. The molecule has 0 unspecified atom stereocenters. The minimum absolute atomic E-state index is 0.00635. The van der Waals surface area contributed by atoms with E-state index in [4.69, 9.17) is 0 Å². The van der Waals surface area contributed by atoms with E-state index in [0.717, 1.165) is 11.8 Å². The number of esters is 1. The number of carbonyl (C=O) groups is 1. The summed E-state index contributed by atoms with van der Waals surface area (Å²) in [7, 11) is 0. The van der Waals surface area contributed by atoms with Gasteiger partial charge in [0, 0.05) is 6.42 Å². The van der Waals surface area contributed by atoms with Crippen LogP contribution in [0.4, 0.5) is 30.7 Å². The molecule has 0 aliphatic carbocycles. The fourth-order valence-electron chi connectivity index (χ4n) is 1.27. The van der Waals surface area contributed by atoms with Crippen molar-refractivity contribution in [3.63, 3.8) is 0 Å². The summed E-state index contributed by atoms with van der Waals surface area (Å²) in [6.07, 6.45) is -8.36. The van der Waals surface area contributed by atoms with E-state index in [1.807, 2.05) is 0 Å². The van der Waals surface area contributed by atoms with Gasteiger partial charge in [-0.3, -0.25) is 4.79 Å². The van der Waals surface area contributed by atoms with Gasteiger partial charge in [-0.15, -0.1) is 0 Å². The SMILES string of the molecule is CCOC(=O)CSCCCCC(F)(F)C(F)(F)C(F)(F)F. The van der Waals surface area contributed by atoms with E-state index in [1.54, 1.807) is 6.92 Å². The third-order valence-corrected chi connectivity index (χ3v) is 3.39. The van der Waals surface area contributed by atoms with E-state index < -0.39 is 36.8 Å². The van der Waals surface area contributed by atoms with Gasteiger partial charge in [-0.25, -0.2) is 0 Å². The number of unbranched alkanes of at least 4 members (excludes halogenated alkanes) is 1.